The molecule has 1 fully saturated rings. The molecule has 10 heteroatoms. The van der Waals surface area contributed by atoms with E-state index in [4.69, 9.17) is 14.2 Å². The Morgan fingerprint density at radius 1 is 1.19 bits per heavy atom. The van der Waals surface area contributed by atoms with Crippen molar-refractivity contribution < 1.29 is 36.6 Å². The van der Waals surface area contributed by atoms with Crippen molar-refractivity contribution >= 4 is 5.91 Å². The number of carbonyl (C=O) groups excluding carboxylic acids is 1. The number of nitrogens with zero attached hydrogens (tertiary/aromatic N) is 2. The molecule has 3 rings (SSSR count). The predicted molar refractivity (Wildman–Crippen MR) is 101 cm³/mol. The number of hydrogen-bond acceptors (Lipinski definition) is 5. The minimum absolute atomic E-state index is 0.0162. The van der Waals surface area contributed by atoms with Crippen LogP contribution in [0.2, 0.25) is 0 Å². The summed E-state index contributed by atoms with van der Waals surface area (Å²) >= 11 is 0. The number of halogens is 4. The molecule has 2 aromatic rings. The molecule has 0 unspecified atom stereocenters. The van der Waals surface area contributed by atoms with E-state index in [-0.39, 0.29) is 41.8 Å². The molecule has 0 radical (unpaired) electrons. The highest BCUT2D eigenvalue weighted by Gasteiger charge is 2.40. The lowest BCUT2D eigenvalue weighted by Gasteiger charge is -2.39. The Morgan fingerprint density at radius 3 is 2.39 bits per heavy atom. The molecular weight excluding hydrogens is 420 g/mol. The fourth-order valence-electron chi connectivity index (χ4n) is 2.96. The molecule has 0 aromatic heterocycles. The summed E-state index contributed by atoms with van der Waals surface area (Å²) in [7, 11) is 1.21. The van der Waals surface area contributed by atoms with Crippen LogP contribution in [0, 0.1) is 17.1 Å². The van der Waals surface area contributed by atoms with Gasteiger partial charge in [0.2, 0.25) is 0 Å². The largest absolute Gasteiger partial charge is 0.494 e. The number of nitriles is 1. The molecule has 0 aliphatic carbocycles. The highest BCUT2D eigenvalue weighted by molar-refractivity contribution is 6.01. The summed E-state index contributed by atoms with van der Waals surface area (Å²) in [5.74, 6) is -1.15. The van der Waals surface area contributed by atoms with Gasteiger partial charge < -0.3 is 19.1 Å². The third-order valence-electron chi connectivity index (χ3n) is 4.67. The van der Waals surface area contributed by atoms with Crippen molar-refractivity contribution in [2.45, 2.75) is 25.3 Å². The van der Waals surface area contributed by atoms with E-state index in [0.717, 1.165) is 13.0 Å². The lowest BCUT2D eigenvalue weighted by Crippen LogP contribution is -2.56. The molecule has 1 saturated heterocycles. The third kappa shape index (κ3) is 4.82. The number of hydrogen-bond donors (Lipinski definition) is 0. The maximum atomic E-state index is 13.0. The quantitative estimate of drug-likeness (QED) is 0.639. The van der Waals surface area contributed by atoms with Crippen LogP contribution in [0.1, 0.15) is 22.8 Å². The van der Waals surface area contributed by atoms with Crippen LogP contribution in [-0.2, 0) is 0 Å². The van der Waals surface area contributed by atoms with Gasteiger partial charge in [0.25, 0.3) is 5.91 Å². The van der Waals surface area contributed by atoms with Crippen molar-refractivity contribution in [3.63, 3.8) is 0 Å². The average molecular weight is 438 g/mol. The maximum absolute atomic E-state index is 13.0. The molecule has 0 spiro atoms. The first-order valence-corrected chi connectivity index (χ1v) is 9.20. The molecule has 0 bridgehead atoms. The Labute approximate surface area is 175 Å². The van der Waals surface area contributed by atoms with Crippen LogP contribution >= 0.6 is 0 Å². The van der Waals surface area contributed by atoms with E-state index in [1.165, 1.54) is 42.3 Å². The number of ether oxygens (including phenoxy) is 3. The summed E-state index contributed by atoms with van der Waals surface area (Å²) in [6, 6.07) is 9.58. The van der Waals surface area contributed by atoms with E-state index >= 15 is 0 Å². The number of likely N-dealkylation sites (tertiary alicyclic amines) is 1. The van der Waals surface area contributed by atoms with Crippen LogP contribution in [0.15, 0.2) is 36.4 Å². The molecular formula is C21H18F4N2O4. The molecule has 1 amide bonds. The van der Waals surface area contributed by atoms with Gasteiger partial charge in [-0.2, -0.15) is 18.4 Å². The molecule has 1 heterocycles. The summed E-state index contributed by atoms with van der Waals surface area (Å²) in [5.41, 5.74) is -0.282. The Kier molecular flexibility index (Phi) is 6.24. The summed E-state index contributed by atoms with van der Waals surface area (Å²) < 4.78 is 67.7. The van der Waals surface area contributed by atoms with Gasteiger partial charge in [0.1, 0.15) is 35.1 Å². The van der Waals surface area contributed by atoms with Crippen LogP contribution < -0.4 is 14.2 Å². The molecule has 2 aromatic carbocycles. The minimum atomic E-state index is -4.65. The van der Waals surface area contributed by atoms with Gasteiger partial charge in [0, 0.05) is 0 Å². The molecule has 0 saturated carbocycles. The predicted octanol–water partition coefficient (Wildman–Crippen LogP) is 3.94. The van der Waals surface area contributed by atoms with Crippen molar-refractivity contribution in [1.82, 2.24) is 4.90 Å². The van der Waals surface area contributed by atoms with Crippen LogP contribution in [0.4, 0.5) is 17.6 Å². The topological polar surface area (TPSA) is 71.8 Å². The molecule has 1 aliphatic heterocycles. The van der Waals surface area contributed by atoms with E-state index in [2.05, 4.69) is 0 Å². The zero-order valence-corrected chi connectivity index (χ0v) is 16.6. The normalized spacial score (nSPS) is 14.9. The monoisotopic (exact) mass is 438 g/mol. The average Bonchev–Trinajstić information content (AvgIpc) is 2.70. The van der Waals surface area contributed by atoms with Crippen molar-refractivity contribution in [3.05, 3.63) is 53.3 Å². The second-order valence-corrected chi connectivity index (χ2v) is 6.84. The number of carbonyl (C=O) groups is 1. The van der Waals surface area contributed by atoms with Gasteiger partial charge in [-0.25, -0.2) is 4.39 Å². The highest BCUT2D eigenvalue weighted by Crippen LogP contribution is 2.36. The standard InChI is InChI=1S/C21H18F4N2O4/c1-12(21(23,24)25)30-17-8-3-13(9-26)19(29-2)18(17)20(28)27-10-16(11-27)31-15-6-4-14(22)5-7-15/h3-8,12,16H,10-11H2,1-2H3/t12-/m0/s1. The van der Waals surface area contributed by atoms with Crippen LogP contribution in [0.25, 0.3) is 0 Å². The minimum Gasteiger partial charge on any atom is -0.494 e. The van der Waals surface area contributed by atoms with Crippen molar-refractivity contribution in [3.8, 4) is 23.3 Å². The van der Waals surface area contributed by atoms with Gasteiger partial charge in [-0.15, -0.1) is 0 Å². The Balaban J connectivity index is 1.80. The summed E-state index contributed by atoms with van der Waals surface area (Å²) in [6.07, 6.45) is -7.20. The molecule has 0 N–H and O–H groups in total. The number of benzene rings is 2. The van der Waals surface area contributed by atoms with Gasteiger partial charge in [-0.05, 0) is 43.3 Å². The summed E-state index contributed by atoms with van der Waals surface area (Å²) in [4.78, 5) is 14.4. The first kappa shape index (κ1) is 22.2. The zero-order chi connectivity index (χ0) is 22.8. The van der Waals surface area contributed by atoms with Crippen molar-refractivity contribution in [1.29, 1.82) is 5.26 Å². The van der Waals surface area contributed by atoms with E-state index in [1.807, 2.05) is 6.07 Å². The van der Waals surface area contributed by atoms with Crippen LogP contribution in [0.5, 0.6) is 17.2 Å². The summed E-state index contributed by atoms with van der Waals surface area (Å²) in [6.45, 7) is 1.10. The van der Waals surface area contributed by atoms with Gasteiger partial charge >= 0.3 is 6.18 Å². The Hall–Kier alpha value is -3.48. The summed E-state index contributed by atoms with van der Waals surface area (Å²) in [5, 5.41) is 9.27. The second-order valence-electron chi connectivity index (χ2n) is 6.84. The molecule has 1 aliphatic rings. The molecule has 6 nitrogen and oxygen atoms in total. The maximum Gasteiger partial charge on any atom is 0.425 e. The first-order valence-electron chi connectivity index (χ1n) is 9.20. The lowest BCUT2D eigenvalue weighted by atomic mass is 10.0. The van der Waals surface area contributed by atoms with Crippen LogP contribution in [-0.4, -0.2) is 49.4 Å². The van der Waals surface area contributed by atoms with E-state index < -0.39 is 24.0 Å². The number of methoxy groups -OCH3 is 1. The van der Waals surface area contributed by atoms with Gasteiger partial charge in [0.05, 0.1) is 25.8 Å². The third-order valence-corrected chi connectivity index (χ3v) is 4.67. The molecule has 31 heavy (non-hydrogen) atoms. The Bertz CT molecular complexity index is 996. The number of rotatable bonds is 6. The first-order chi connectivity index (χ1) is 14.6. The van der Waals surface area contributed by atoms with Crippen LogP contribution in [0.3, 0.4) is 0 Å². The number of amides is 1. The van der Waals surface area contributed by atoms with Crippen molar-refractivity contribution in [2.75, 3.05) is 20.2 Å². The van der Waals surface area contributed by atoms with Gasteiger partial charge in [0.15, 0.2) is 11.9 Å². The fourth-order valence-corrected chi connectivity index (χ4v) is 2.96. The SMILES string of the molecule is COc1c(C#N)ccc(O[C@@H](C)C(F)(F)F)c1C(=O)N1CC(Oc2ccc(F)cc2)C1. The van der Waals surface area contributed by atoms with E-state index in [0.29, 0.717) is 5.75 Å². The number of alkyl halides is 3. The second kappa shape index (κ2) is 8.71. The fraction of sp³-hybridized carbons (Fsp3) is 0.333. The van der Waals surface area contributed by atoms with E-state index in [9.17, 15) is 27.6 Å². The molecule has 164 valence electrons. The van der Waals surface area contributed by atoms with E-state index in [1.54, 1.807) is 0 Å². The highest BCUT2D eigenvalue weighted by atomic mass is 19.4. The van der Waals surface area contributed by atoms with Crippen molar-refractivity contribution in [2.24, 2.45) is 0 Å². The molecule has 1 atom stereocenters. The smallest absolute Gasteiger partial charge is 0.425 e. The van der Waals surface area contributed by atoms with Gasteiger partial charge in [-0.3, -0.25) is 4.79 Å². The Morgan fingerprint density at radius 2 is 1.84 bits per heavy atom. The zero-order valence-electron chi connectivity index (χ0n) is 16.6. The van der Waals surface area contributed by atoms with Gasteiger partial charge in [-0.1, -0.05) is 0 Å². The lowest BCUT2D eigenvalue weighted by molar-refractivity contribution is -0.189.